The monoisotopic (exact) mass is 360 g/mol. The smallest absolute Gasteiger partial charge is 0.227 e. The first-order chi connectivity index (χ1) is 13.2. The number of rotatable bonds is 5. The molecule has 138 valence electrons. The molecule has 0 atom stereocenters. The number of allylic oxidation sites excluding steroid dienone is 1. The quantitative estimate of drug-likeness (QED) is 0.589. The van der Waals surface area contributed by atoms with E-state index in [0.717, 1.165) is 37.3 Å². The van der Waals surface area contributed by atoms with E-state index in [2.05, 4.69) is 29.2 Å². The highest BCUT2D eigenvalue weighted by atomic mass is 16.2. The van der Waals surface area contributed by atoms with E-state index in [9.17, 15) is 9.59 Å². The second-order valence-electron chi connectivity index (χ2n) is 7.18. The summed E-state index contributed by atoms with van der Waals surface area (Å²) in [5, 5.41) is 0. The maximum atomic E-state index is 12.4. The highest BCUT2D eigenvalue weighted by molar-refractivity contribution is 6.07. The van der Waals surface area contributed by atoms with Crippen molar-refractivity contribution in [2.45, 2.75) is 25.7 Å². The molecule has 4 nitrogen and oxygen atoms in total. The lowest BCUT2D eigenvalue weighted by atomic mass is 10.1. The fraction of sp³-hybridized carbons (Fsp3) is 0.304. The van der Waals surface area contributed by atoms with Gasteiger partial charge in [-0.1, -0.05) is 18.2 Å². The third kappa shape index (κ3) is 3.95. The number of amides is 1. The van der Waals surface area contributed by atoms with Crippen molar-refractivity contribution in [3.63, 3.8) is 0 Å². The largest absolute Gasteiger partial charge is 0.372 e. The van der Waals surface area contributed by atoms with E-state index in [0.29, 0.717) is 12.0 Å². The van der Waals surface area contributed by atoms with Gasteiger partial charge in [0.15, 0.2) is 5.78 Å². The third-order valence-electron chi connectivity index (χ3n) is 5.33. The summed E-state index contributed by atoms with van der Waals surface area (Å²) < 4.78 is 0. The zero-order valence-corrected chi connectivity index (χ0v) is 15.4. The van der Waals surface area contributed by atoms with Gasteiger partial charge in [0, 0.05) is 43.0 Å². The number of anilines is 2. The molecule has 2 aromatic carbocycles. The normalized spacial score (nSPS) is 17.3. The number of nitrogens with zero attached hydrogens (tertiary/aromatic N) is 2. The fourth-order valence-electron chi connectivity index (χ4n) is 3.77. The first kappa shape index (κ1) is 17.5. The van der Waals surface area contributed by atoms with E-state index in [4.69, 9.17) is 0 Å². The van der Waals surface area contributed by atoms with Crippen LogP contribution >= 0.6 is 0 Å². The Labute approximate surface area is 160 Å². The van der Waals surface area contributed by atoms with Crippen LogP contribution < -0.4 is 9.80 Å². The number of ketones is 1. The molecule has 2 aliphatic rings. The van der Waals surface area contributed by atoms with Gasteiger partial charge >= 0.3 is 0 Å². The van der Waals surface area contributed by atoms with E-state index >= 15 is 0 Å². The number of hydrogen-bond acceptors (Lipinski definition) is 3. The lowest BCUT2D eigenvalue weighted by Crippen LogP contribution is -2.23. The van der Waals surface area contributed by atoms with Crippen LogP contribution in [-0.2, 0) is 4.79 Å². The number of carbonyl (C=O) groups is 2. The molecule has 2 saturated heterocycles. The third-order valence-corrected chi connectivity index (χ3v) is 5.33. The molecule has 0 aliphatic carbocycles. The summed E-state index contributed by atoms with van der Waals surface area (Å²) in [5.41, 5.74) is 3.78. The number of hydrogen-bond donors (Lipinski definition) is 0. The second kappa shape index (κ2) is 7.78. The van der Waals surface area contributed by atoms with Gasteiger partial charge in [0.2, 0.25) is 5.91 Å². The molecule has 0 saturated carbocycles. The molecule has 2 fully saturated rings. The predicted molar refractivity (Wildman–Crippen MR) is 109 cm³/mol. The van der Waals surface area contributed by atoms with E-state index in [-0.39, 0.29) is 11.7 Å². The van der Waals surface area contributed by atoms with Crippen molar-refractivity contribution in [3.8, 4) is 0 Å². The number of carbonyl (C=O) groups excluding carboxylic acids is 2. The summed E-state index contributed by atoms with van der Waals surface area (Å²) >= 11 is 0. The van der Waals surface area contributed by atoms with Gasteiger partial charge in [-0.25, -0.2) is 0 Å². The standard InChI is InChI=1S/C23H24N2O2/c26-22(19-8-12-21(13-9-19)25-17-3-4-23(25)27)14-7-18-5-10-20(11-6-18)24-15-1-2-16-24/h5-14H,1-4,15-17H2/b14-7+. The van der Waals surface area contributed by atoms with Gasteiger partial charge in [0.05, 0.1) is 0 Å². The molecular formula is C23H24N2O2. The zero-order chi connectivity index (χ0) is 18.6. The minimum absolute atomic E-state index is 0.0297. The van der Waals surface area contributed by atoms with Crippen molar-refractivity contribution in [3.05, 3.63) is 65.7 Å². The van der Waals surface area contributed by atoms with E-state index in [1.807, 2.05) is 18.2 Å². The summed E-state index contributed by atoms with van der Waals surface area (Å²) in [6, 6.07) is 15.7. The molecular weight excluding hydrogens is 336 g/mol. The average molecular weight is 360 g/mol. The molecule has 4 rings (SSSR count). The molecule has 0 aromatic heterocycles. The Hall–Kier alpha value is -2.88. The van der Waals surface area contributed by atoms with Gasteiger partial charge in [0.25, 0.3) is 0 Å². The summed E-state index contributed by atoms with van der Waals surface area (Å²) in [6.45, 7) is 3.03. The van der Waals surface area contributed by atoms with Gasteiger partial charge < -0.3 is 9.80 Å². The second-order valence-corrected chi connectivity index (χ2v) is 7.18. The van der Waals surface area contributed by atoms with E-state index < -0.39 is 0 Å². The lowest BCUT2D eigenvalue weighted by Gasteiger charge is -2.17. The molecule has 27 heavy (non-hydrogen) atoms. The molecule has 0 radical (unpaired) electrons. The van der Waals surface area contributed by atoms with Crippen LogP contribution in [-0.4, -0.2) is 31.3 Å². The zero-order valence-electron chi connectivity index (χ0n) is 15.4. The molecule has 1 amide bonds. The molecule has 0 unspecified atom stereocenters. The summed E-state index contributed by atoms with van der Waals surface area (Å²) in [4.78, 5) is 28.4. The summed E-state index contributed by atoms with van der Waals surface area (Å²) in [7, 11) is 0. The van der Waals surface area contributed by atoms with Gasteiger partial charge in [-0.05, 0) is 67.3 Å². The minimum atomic E-state index is -0.0297. The molecule has 2 aliphatic heterocycles. The van der Waals surface area contributed by atoms with Crippen molar-refractivity contribution < 1.29 is 9.59 Å². The van der Waals surface area contributed by atoms with Crippen LogP contribution in [0, 0.1) is 0 Å². The van der Waals surface area contributed by atoms with Crippen LogP contribution in [0.4, 0.5) is 11.4 Å². The van der Waals surface area contributed by atoms with E-state index in [1.165, 1.54) is 18.5 Å². The Bertz CT molecular complexity index is 847. The number of benzene rings is 2. The van der Waals surface area contributed by atoms with Crippen LogP contribution in [0.1, 0.15) is 41.6 Å². The first-order valence-corrected chi connectivity index (χ1v) is 9.68. The molecule has 0 spiro atoms. The fourth-order valence-corrected chi connectivity index (χ4v) is 3.77. The van der Waals surface area contributed by atoms with Crippen LogP contribution in [0.25, 0.3) is 6.08 Å². The Balaban J connectivity index is 1.40. The Morgan fingerprint density at radius 2 is 1.48 bits per heavy atom. The first-order valence-electron chi connectivity index (χ1n) is 9.68. The van der Waals surface area contributed by atoms with Crippen LogP contribution in [0.3, 0.4) is 0 Å². The predicted octanol–water partition coefficient (Wildman–Crippen LogP) is 4.31. The maximum absolute atomic E-state index is 12.4. The lowest BCUT2D eigenvalue weighted by molar-refractivity contribution is -0.117. The van der Waals surface area contributed by atoms with Crippen LogP contribution in [0.5, 0.6) is 0 Å². The highest BCUT2D eigenvalue weighted by Crippen LogP contribution is 2.23. The Morgan fingerprint density at radius 1 is 0.815 bits per heavy atom. The van der Waals surface area contributed by atoms with Gasteiger partial charge in [-0.3, -0.25) is 9.59 Å². The van der Waals surface area contributed by atoms with Crippen molar-refractivity contribution in [1.82, 2.24) is 0 Å². The average Bonchev–Trinajstić information content (AvgIpc) is 3.38. The van der Waals surface area contributed by atoms with Crippen LogP contribution in [0.2, 0.25) is 0 Å². The molecule has 4 heteroatoms. The van der Waals surface area contributed by atoms with E-state index in [1.54, 1.807) is 23.1 Å². The van der Waals surface area contributed by atoms with Gasteiger partial charge in [-0.15, -0.1) is 0 Å². The van der Waals surface area contributed by atoms with Crippen molar-refractivity contribution in [2.24, 2.45) is 0 Å². The maximum Gasteiger partial charge on any atom is 0.227 e. The molecule has 0 bridgehead atoms. The summed E-state index contributed by atoms with van der Waals surface area (Å²) in [5.74, 6) is 0.129. The molecule has 2 heterocycles. The molecule has 2 aromatic rings. The Kier molecular flexibility index (Phi) is 5.05. The SMILES string of the molecule is O=C(/C=C/c1ccc(N2CCCC2)cc1)c1ccc(N2CCCC2=O)cc1. The van der Waals surface area contributed by atoms with Gasteiger partial charge in [0.1, 0.15) is 0 Å². The topological polar surface area (TPSA) is 40.6 Å². The summed E-state index contributed by atoms with van der Waals surface area (Å²) in [6.07, 6.45) is 7.51. The van der Waals surface area contributed by atoms with Crippen molar-refractivity contribution in [2.75, 3.05) is 29.4 Å². The van der Waals surface area contributed by atoms with Crippen LogP contribution in [0.15, 0.2) is 54.6 Å². The van der Waals surface area contributed by atoms with Gasteiger partial charge in [-0.2, -0.15) is 0 Å². The highest BCUT2D eigenvalue weighted by Gasteiger charge is 2.21. The minimum Gasteiger partial charge on any atom is -0.372 e. The van der Waals surface area contributed by atoms with Crippen molar-refractivity contribution in [1.29, 1.82) is 0 Å². The molecule has 0 N–H and O–H groups in total. The van der Waals surface area contributed by atoms with Crippen molar-refractivity contribution >= 4 is 29.1 Å². The Morgan fingerprint density at radius 3 is 2.11 bits per heavy atom.